The second-order valence-corrected chi connectivity index (χ2v) is 8.84. The fourth-order valence-electron chi connectivity index (χ4n) is 4.01. The van der Waals surface area contributed by atoms with Crippen molar-refractivity contribution in [2.75, 3.05) is 13.1 Å². The summed E-state index contributed by atoms with van der Waals surface area (Å²) in [6.07, 6.45) is 5.70. The van der Waals surface area contributed by atoms with Crippen LogP contribution < -0.4 is 5.32 Å². The molecule has 0 unspecified atom stereocenters. The van der Waals surface area contributed by atoms with Crippen molar-refractivity contribution in [3.8, 4) is 6.07 Å². The van der Waals surface area contributed by atoms with Crippen LogP contribution in [0.2, 0.25) is 0 Å². The third-order valence-corrected chi connectivity index (χ3v) is 5.77. The van der Waals surface area contributed by atoms with Crippen molar-refractivity contribution < 1.29 is 19.6 Å². The summed E-state index contributed by atoms with van der Waals surface area (Å²) < 4.78 is 0. The monoisotopic (exact) mass is 439 g/mol. The summed E-state index contributed by atoms with van der Waals surface area (Å²) in [6.45, 7) is 5.14. The van der Waals surface area contributed by atoms with E-state index in [0.29, 0.717) is 38.3 Å². The van der Waals surface area contributed by atoms with Crippen molar-refractivity contribution in [1.82, 2.24) is 10.2 Å². The van der Waals surface area contributed by atoms with E-state index in [9.17, 15) is 24.9 Å². The number of carbonyl (C=O) groups is 2. The largest absolute Gasteiger partial charge is 0.475 e. The molecule has 1 saturated heterocycles. The smallest absolute Gasteiger partial charge is 0.426 e. The molecule has 8 heteroatoms. The fraction of sp³-hybridized carbons (Fsp3) is 0.542. The van der Waals surface area contributed by atoms with E-state index in [2.05, 4.69) is 5.32 Å². The number of hydrogen-bond acceptors (Lipinski definition) is 5. The van der Waals surface area contributed by atoms with Crippen molar-refractivity contribution >= 4 is 18.9 Å². The first-order valence-corrected chi connectivity index (χ1v) is 11.4. The topological polar surface area (TPSA) is 114 Å². The molecule has 1 heterocycles. The van der Waals surface area contributed by atoms with Crippen LogP contribution in [-0.2, 0) is 16.0 Å². The molecule has 1 aromatic rings. The first-order chi connectivity index (χ1) is 15.3. The minimum absolute atomic E-state index is 0.150. The molecule has 0 aromatic heterocycles. The Morgan fingerprint density at radius 2 is 1.91 bits per heavy atom. The number of piperidine rings is 1. The summed E-state index contributed by atoms with van der Waals surface area (Å²) in [6, 6.07) is 11.4. The molecule has 172 valence electrons. The predicted octanol–water partition coefficient (Wildman–Crippen LogP) is 2.24. The summed E-state index contributed by atoms with van der Waals surface area (Å²) in [5.41, 5.74) is 1.14. The first-order valence-electron chi connectivity index (χ1n) is 11.4. The van der Waals surface area contributed by atoms with Gasteiger partial charge in [0.25, 0.3) is 5.91 Å². The standard InChI is InChI=1S/C24H34BN3O4/c1-18(2)15-21(17-26)24(30)28-13-11-19(12-14-28)9-6-10-23(29)27-22(25(31)32)16-20-7-4-3-5-8-20/h3-5,7-8,15,18-19,22,31-32H,6,9-14,16H2,1-2H3,(H,27,29)/t22-/m0/s1. The van der Waals surface area contributed by atoms with Crippen LogP contribution >= 0.6 is 0 Å². The summed E-state index contributed by atoms with van der Waals surface area (Å²) in [5.74, 6) is -0.533. The number of nitriles is 1. The van der Waals surface area contributed by atoms with E-state index in [0.717, 1.165) is 24.8 Å². The van der Waals surface area contributed by atoms with Crippen molar-refractivity contribution in [2.45, 2.75) is 58.3 Å². The van der Waals surface area contributed by atoms with Gasteiger partial charge in [0.2, 0.25) is 5.91 Å². The Bertz CT molecular complexity index is 812. The van der Waals surface area contributed by atoms with Crippen LogP contribution in [0.3, 0.4) is 0 Å². The molecule has 0 bridgehead atoms. The van der Waals surface area contributed by atoms with Gasteiger partial charge in [-0.1, -0.05) is 50.3 Å². The number of likely N-dealkylation sites (tertiary alicyclic amines) is 1. The molecular formula is C24H34BN3O4. The Labute approximate surface area is 191 Å². The molecular weight excluding hydrogens is 405 g/mol. The summed E-state index contributed by atoms with van der Waals surface area (Å²) in [7, 11) is -1.62. The van der Waals surface area contributed by atoms with Crippen LogP contribution in [0.4, 0.5) is 0 Å². The summed E-state index contributed by atoms with van der Waals surface area (Å²) in [5, 5.41) is 31.2. The number of hydrogen-bond donors (Lipinski definition) is 3. The molecule has 0 spiro atoms. The second kappa shape index (κ2) is 13.0. The molecule has 2 rings (SSSR count). The molecule has 1 aliphatic rings. The quantitative estimate of drug-likeness (QED) is 0.294. The Balaban J connectivity index is 1.72. The van der Waals surface area contributed by atoms with Gasteiger partial charge >= 0.3 is 7.12 Å². The lowest BCUT2D eigenvalue weighted by Crippen LogP contribution is -2.47. The molecule has 0 aliphatic carbocycles. The van der Waals surface area contributed by atoms with Gasteiger partial charge in [0.05, 0.1) is 5.94 Å². The lowest BCUT2D eigenvalue weighted by atomic mass is 9.76. The van der Waals surface area contributed by atoms with E-state index >= 15 is 0 Å². The van der Waals surface area contributed by atoms with Gasteiger partial charge in [0.15, 0.2) is 0 Å². The van der Waals surface area contributed by atoms with Gasteiger partial charge in [-0.05, 0) is 49.5 Å². The third-order valence-electron chi connectivity index (χ3n) is 5.77. The van der Waals surface area contributed by atoms with E-state index in [1.165, 1.54) is 0 Å². The predicted molar refractivity (Wildman–Crippen MR) is 124 cm³/mol. The maximum atomic E-state index is 12.5. The van der Waals surface area contributed by atoms with Crippen LogP contribution in [0.1, 0.15) is 51.5 Å². The zero-order valence-corrected chi connectivity index (χ0v) is 19.0. The van der Waals surface area contributed by atoms with Crippen LogP contribution in [0, 0.1) is 23.2 Å². The maximum absolute atomic E-state index is 12.5. The molecule has 1 aliphatic heterocycles. The number of benzene rings is 1. The maximum Gasteiger partial charge on any atom is 0.475 e. The fourth-order valence-corrected chi connectivity index (χ4v) is 4.01. The van der Waals surface area contributed by atoms with Crippen LogP contribution in [0.25, 0.3) is 0 Å². The molecule has 1 fully saturated rings. The van der Waals surface area contributed by atoms with Gasteiger partial charge in [-0.2, -0.15) is 5.26 Å². The van der Waals surface area contributed by atoms with Crippen LogP contribution in [0.15, 0.2) is 42.0 Å². The van der Waals surface area contributed by atoms with E-state index in [4.69, 9.17) is 0 Å². The highest BCUT2D eigenvalue weighted by molar-refractivity contribution is 6.43. The SMILES string of the molecule is CC(C)C=C(C#N)C(=O)N1CCC(CCCC(=O)N[C@@H](Cc2ccccc2)B(O)O)CC1. The van der Waals surface area contributed by atoms with Crippen LogP contribution in [-0.4, -0.2) is 52.9 Å². The molecule has 7 nitrogen and oxygen atoms in total. The number of amides is 2. The average Bonchev–Trinajstić information content (AvgIpc) is 2.77. The highest BCUT2D eigenvalue weighted by Gasteiger charge is 2.27. The Morgan fingerprint density at radius 3 is 2.47 bits per heavy atom. The Hall–Kier alpha value is -2.63. The molecule has 0 radical (unpaired) electrons. The number of carbonyl (C=O) groups excluding carboxylic acids is 2. The third kappa shape index (κ3) is 8.48. The second-order valence-electron chi connectivity index (χ2n) is 8.84. The van der Waals surface area contributed by atoms with Gasteiger partial charge in [-0.3, -0.25) is 9.59 Å². The summed E-state index contributed by atoms with van der Waals surface area (Å²) in [4.78, 5) is 26.6. The Morgan fingerprint density at radius 1 is 1.25 bits per heavy atom. The number of nitrogens with zero attached hydrogens (tertiary/aromatic N) is 2. The van der Waals surface area contributed by atoms with Crippen molar-refractivity contribution in [2.24, 2.45) is 11.8 Å². The minimum Gasteiger partial charge on any atom is -0.426 e. The molecule has 3 N–H and O–H groups in total. The molecule has 32 heavy (non-hydrogen) atoms. The molecule has 1 aromatic carbocycles. The lowest BCUT2D eigenvalue weighted by Gasteiger charge is -2.32. The molecule has 2 amide bonds. The Kier molecular flexibility index (Phi) is 10.4. The number of rotatable bonds is 10. The lowest BCUT2D eigenvalue weighted by molar-refractivity contribution is -0.128. The van der Waals surface area contributed by atoms with Crippen molar-refractivity contribution in [1.29, 1.82) is 5.26 Å². The summed E-state index contributed by atoms with van der Waals surface area (Å²) >= 11 is 0. The zero-order chi connectivity index (χ0) is 23.5. The van der Waals surface area contributed by atoms with Gasteiger partial charge < -0.3 is 20.3 Å². The highest BCUT2D eigenvalue weighted by Crippen LogP contribution is 2.23. The van der Waals surface area contributed by atoms with Gasteiger partial charge in [0, 0.05) is 19.5 Å². The van der Waals surface area contributed by atoms with Crippen molar-refractivity contribution in [3.05, 3.63) is 47.5 Å². The normalized spacial score (nSPS) is 15.9. The number of nitrogens with one attached hydrogen (secondary N) is 1. The van der Waals surface area contributed by atoms with E-state index in [1.807, 2.05) is 50.2 Å². The van der Waals surface area contributed by atoms with E-state index in [-0.39, 0.29) is 23.3 Å². The molecule has 1 atom stereocenters. The minimum atomic E-state index is -1.62. The average molecular weight is 439 g/mol. The van der Waals surface area contributed by atoms with Gasteiger partial charge in [-0.15, -0.1) is 0 Å². The zero-order valence-electron chi connectivity index (χ0n) is 19.0. The first kappa shape index (κ1) is 25.6. The van der Waals surface area contributed by atoms with Crippen molar-refractivity contribution in [3.63, 3.8) is 0 Å². The van der Waals surface area contributed by atoms with Crippen LogP contribution in [0.5, 0.6) is 0 Å². The van der Waals surface area contributed by atoms with E-state index in [1.54, 1.807) is 11.0 Å². The molecule has 0 saturated carbocycles. The van der Waals surface area contributed by atoms with E-state index < -0.39 is 13.1 Å². The van der Waals surface area contributed by atoms with Gasteiger partial charge in [0.1, 0.15) is 11.6 Å². The number of allylic oxidation sites excluding steroid dienone is 1. The highest BCUT2D eigenvalue weighted by atomic mass is 16.4. The van der Waals surface area contributed by atoms with Gasteiger partial charge in [-0.25, -0.2) is 0 Å².